The van der Waals surface area contributed by atoms with E-state index >= 15 is 0 Å². The zero-order chi connectivity index (χ0) is 20.8. The number of hydrogen-bond acceptors (Lipinski definition) is 7. The number of fused-ring (bicyclic) bond motifs is 2. The smallest absolute Gasteiger partial charge is 0.341 e. The number of anilines is 1. The molecule has 2 N–H and O–H groups in total. The molecule has 5 rings (SSSR count). The van der Waals surface area contributed by atoms with Gasteiger partial charge in [0.1, 0.15) is 23.2 Å². The number of ether oxygens (including phenoxy) is 1. The van der Waals surface area contributed by atoms with Crippen LogP contribution in [0.15, 0.2) is 59.5 Å². The highest BCUT2D eigenvalue weighted by Gasteiger charge is 2.53. The van der Waals surface area contributed by atoms with Crippen LogP contribution in [-0.2, 0) is 15.1 Å². The van der Waals surface area contributed by atoms with Gasteiger partial charge >= 0.3 is 12.0 Å². The molecule has 2 aliphatic rings. The molecule has 1 spiro atoms. The first-order chi connectivity index (χ1) is 14.5. The van der Waals surface area contributed by atoms with E-state index in [0.717, 1.165) is 11.1 Å². The fraction of sp³-hybridized carbons (Fsp3) is 0.273. The molecule has 8 heteroatoms. The Kier molecular flexibility index (Phi) is 4.18. The topological polar surface area (TPSA) is 115 Å². The van der Waals surface area contributed by atoms with E-state index in [0.29, 0.717) is 24.1 Å². The van der Waals surface area contributed by atoms with Crippen molar-refractivity contribution < 1.29 is 23.8 Å². The normalized spacial score (nSPS) is 25.0. The number of rotatable bonds is 3. The second-order valence-corrected chi connectivity index (χ2v) is 7.69. The molecular weight excluding hydrogens is 386 g/mol. The van der Waals surface area contributed by atoms with Crippen LogP contribution in [0.25, 0.3) is 11.3 Å². The summed E-state index contributed by atoms with van der Waals surface area (Å²) >= 11 is 0. The average molecular weight is 405 g/mol. The molecule has 0 radical (unpaired) electrons. The molecule has 1 amide bonds. The maximum absolute atomic E-state index is 12.8. The van der Waals surface area contributed by atoms with E-state index in [1.54, 1.807) is 12.3 Å². The van der Waals surface area contributed by atoms with Crippen molar-refractivity contribution >= 4 is 17.9 Å². The number of carbonyl (C=O) groups is 2. The van der Waals surface area contributed by atoms with Gasteiger partial charge in [-0.25, -0.2) is 4.79 Å². The molecule has 0 atom stereocenters. The average Bonchev–Trinajstić information content (AvgIpc) is 3.35. The summed E-state index contributed by atoms with van der Waals surface area (Å²) in [6, 6.07) is 11.2. The first-order valence-corrected chi connectivity index (χ1v) is 9.72. The number of amides is 1. The van der Waals surface area contributed by atoms with Crippen LogP contribution >= 0.6 is 0 Å². The molecule has 0 unspecified atom stereocenters. The van der Waals surface area contributed by atoms with Gasteiger partial charge in [0.05, 0.1) is 5.56 Å². The monoisotopic (exact) mass is 405 g/mol. The van der Waals surface area contributed by atoms with E-state index in [-0.39, 0.29) is 18.9 Å². The first-order valence-electron chi connectivity index (χ1n) is 9.72. The Bertz CT molecular complexity index is 1120. The fourth-order valence-corrected chi connectivity index (χ4v) is 4.19. The Labute approximate surface area is 171 Å². The van der Waals surface area contributed by atoms with Crippen LogP contribution in [0.1, 0.15) is 41.6 Å². The quantitative estimate of drug-likeness (QED) is 0.644. The molecule has 152 valence electrons. The number of nitrogens with zero attached hydrogens (tertiary/aromatic N) is 2. The summed E-state index contributed by atoms with van der Waals surface area (Å²) in [6.07, 6.45) is 5.50. The van der Waals surface area contributed by atoms with Gasteiger partial charge in [0, 0.05) is 23.5 Å². The third-order valence-corrected chi connectivity index (χ3v) is 5.92. The summed E-state index contributed by atoms with van der Waals surface area (Å²) in [5.74, 6) is -1.00. The molecule has 30 heavy (non-hydrogen) atoms. The van der Waals surface area contributed by atoms with Crippen molar-refractivity contribution in [3.63, 3.8) is 0 Å². The van der Waals surface area contributed by atoms with E-state index in [4.69, 9.17) is 9.15 Å². The number of oxazole rings is 1. The Hall–Kier alpha value is -3.52. The van der Waals surface area contributed by atoms with E-state index in [2.05, 4.69) is 15.3 Å². The summed E-state index contributed by atoms with van der Waals surface area (Å²) in [7, 11) is 0. The first kappa shape index (κ1) is 18.5. The lowest BCUT2D eigenvalue weighted by Gasteiger charge is -2.40. The number of carbonyl (C=O) groups excluding carboxylic acids is 2. The highest BCUT2D eigenvalue weighted by Crippen LogP contribution is 2.49. The van der Waals surface area contributed by atoms with Crippen molar-refractivity contribution in [1.29, 1.82) is 0 Å². The van der Waals surface area contributed by atoms with Gasteiger partial charge in [-0.15, -0.1) is 0 Å². The summed E-state index contributed by atoms with van der Waals surface area (Å²) in [4.78, 5) is 33.2. The predicted molar refractivity (Wildman–Crippen MR) is 105 cm³/mol. The van der Waals surface area contributed by atoms with Crippen molar-refractivity contribution in [1.82, 2.24) is 9.97 Å². The number of esters is 1. The van der Waals surface area contributed by atoms with Gasteiger partial charge in [-0.1, -0.05) is 30.3 Å². The van der Waals surface area contributed by atoms with Crippen molar-refractivity contribution in [2.24, 2.45) is 0 Å². The summed E-state index contributed by atoms with van der Waals surface area (Å²) < 4.78 is 11.0. The molecule has 0 saturated heterocycles. The number of hydrogen-bond donors (Lipinski definition) is 2. The molecule has 1 aliphatic heterocycles. The largest absolute Gasteiger partial charge is 0.450 e. The van der Waals surface area contributed by atoms with Gasteiger partial charge in [-0.3, -0.25) is 15.1 Å². The van der Waals surface area contributed by atoms with Crippen molar-refractivity contribution in [3.05, 3.63) is 66.2 Å². The second-order valence-electron chi connectivity index (χ2n) is 7.69. The molecule has 2 aromatic heterocycles. The van der Waals surface area contributed by atoms with Crippen molar-refractivity contribution in [2.75, 3.05) is 5.32 Å². The lowest BCUT2D eigenvalue weighted by molar-refractivity contribution is -0.144. The third-order valence-electron chi connectivity index (χ3n) is 5.92. The zero-order valence-electron chi connectivity index (χ0n) is 16.0. The molecule has 1 aromatic carbocycles. The van der Waals surface area contributed by atoms with Gasteiger partial charge in [0.2, 0.25) is 0 Å². The summed E-state index contributed by atoms with van der Waals surface area (Å²) in [5, 5.41) is 13.5. The Balaban J connectivity index is 1.29. The number of benzene rings is 1. The standard InChI is InChI=1S/C22H19N3O5/c26-18-15-12-23-11-6-16(15)22(30-18)9-7-21(28,8-10-22)19(27)25-20-24-17(13-29-20)14-4-2-1-3-5-14/h1-6,11-13,28H,7-10H2,(H,24,25,27)/t21-,22-. The van der Waals surface area contributed by atoms with Crippen LogP contribution in [0.4, 0.5) is 6.01 Å². The van der Waals surface area contributed by atoms with Crippen LogP contribution in [0.3, 0.4) is 0 Å². The Morgan fingerprint density at radius 3 is 2.63 bits per heavy atom. The van der Waals surface area contributed by atoms with Crippen LogP contribution in [0.5, 0.6) is 0 Å². The molecule has 1 saturated carbocycles. The number of pyridine rings is 1. The van der Waals surface area contributed by atoms with E-state index in [1.807, 2.05) is 30.3 Å². The third kappa shape index (κ3) is 2.96. The maximum atomic E-state index is 12.8. The molecule has 3 aromatic rings. The van der Waals surface area contributed by atoms with Gasteiger partial charge in [0.25, 0.3) is 5.91 Å². The minimum absolute atomic E-state index is 0.0243. The molecule has 3 heterocycles. The Morgan fingerprint density at radius 2 is 1.87 bits per heavy atom. The van der Waals surface area contributed by atoms with Crippen molar-refractivity contribution in [2.45, 2.75) is 36.9 Å². The molecule has 1 fully saturated rings. The zero-order valence-corrected chi connectivity index (χ0v) is 16.0. The van der Waals surface area contributed by atoms with E-state index in [9.17, 15) is 14.7 Å². The van der Waals surface area contributed by atoms with Crippen LogP contribution in [0, 0.1) is 0 Å². The second kappa shape index (κ2) is 6.77. The van der Waals surface area contributed by atoms with Crippen LogP contribution < -0.4 is 5.32 Å². The SMILES string of the molecule is O=C1O[C@]2(CC[C@@](O)(C(=O)Nc3nc(-c4ccccc4)co3)CC2)c2ccncc21. The number of aromatic nitrogens is 2. The minimum Gasteiger partial charge on any atom is -0.450 e. The van der Waals surface area contributed by atoms with E-state index in [1.165, 1.54) is 12.5 Å². The highest BCUT2D eigenvalue weighted by molar-refractivity contribution is 5.96. The molecule has 1 aliphatic carbocycles. The highest BCUT2D eigenvalue weighted by atomic mass is 16.6. The summed E-state index contributed by atoms with van der Waals surface area (Å²) in [6.45, 7) is 0. The lowest BCUT2D eigenvalue weighted by Crippen LogP contribution is -2.49. The number of aliphatic hydroxyl groups is 1. The molecule has 0 bridgehead atoms. The Morgan fingerprint density at radius 1 is 1.10 bits per heavy atom. The lowest BCUT2D eigenvalue weighted by atomic mass is 9.72. The predicted octanol–water partition coefficient (Wildman–Crippen LogP) is 3.05. The van der Waals surface area contributed by atoms with Crippen LogP contribution in [0.2, 0.25) is 0 Å². The fourth-order valence-electron chi connectivity index (χ4n) is 4.19. The minimum atomic E-state index is -1.60. The molecular formula is C22H19N3O5. The van der Waals surface area contributed by atoms with Crippen molar-refractivity contribution in [3.8, 4) is 11.3 Å². The van der Waals surface area contributed by atoms with Gasteiger partial charge in [-0.2, -0.15) is 4.98 Å². The van der Waals surface area contributed by atoms with Gasteiger partial charge < -0.3 is 14.3 Å². The van der Waals surface area contributed by atoms with Crippen LogP contribution in [-0.4, -0.2) is 32.6 Å². The van der Waals surface area contributed by atoms with Gasteiger partial charge in [0.15, 0.2) is 0 Å². The van der Waals surface area contributed by atoms with E-state index < -0.39 is 23.1 Å². The summed E-state index contributed by atoms with van der Waals surface area (Å²) in [5.41, 5.74) is 0.241. The molecule has 8 nitrogen and oxygen atoms in total. The van der Waals surface area contributed by atoms with Gasteiger partial charge in [-0.05, 0) is 31.7 Å². The number of nitrogens with one attached hydrogen (secondary N) is 1. The maximum Gasteiger partial charge on any atom is 0.341 e.